The van der Waals surface area contributed by atoms with Crippen molar-refractivity contribution in [1.82, 2.24) is 4.98 Å². The lowest BCUT2D eigenvalue weighted by Crippen LogP contribution is -2.25. The van der Waals surface area contributed by atoms with Crippen molar-refractivity contribution in [3.8, 4) is 6.07 Å². The number of pyridine rings is 1. The van der Waals surface area contributed by atoms with E-state index in [2.05, 4.69) is 30.2 Å². The Labute approximate surface area is 103 Å². The summed E-state index contributed by atoms with van der Waals surface area (Å²) in [4.78, 5) is 4.27. The molecule has 1 N–H and O–H groups in total. The van der Waals surface area contributed by atoms with E-state index in [0.717, 1.165) is 11.7 Å². The highest BCUT2D eigenvalue weighted by atomic mass is 15.0. The van der Waals surface area contributed by atoms with E-state index in [-0.39, 0.29) is 0 Å². The van der Waals surface area contributed by atoms with E-state index in [1.54, 1.807) is 6.07 Å². The van der Waals surface area contributed by atoms with Crippen molar-refractivity contribution < 1.29 is 0 Å². The van der Waals surface area contributed by atoms with Gasteiger partial charge in [0.25, 0.3) is 0 Å². The quantitative estimate of drug-likeness (QED) is 0.866. The second-order valence-electron chi connectivity index (χ2n) is 4.88. The SMILES string of the molecule is CCC1CCC(Nc2cccc(C#N)n2)C1C. The maximum absolute atomic E-state index is 8.81. The van der Waals surface area contributed by atoms with Crippen molar-refractivity contribution in [2.24, 2.45) is 11.8 Å². The van der Waals surface area contributed by atoms with Gasteiger partial charge in [-0.05, 0) is 36.8 Å². The second kappa shape index (κ2) is 5.18. The van der Waals surface area contributed by atoms with E-state index in [0.29, 0.717) is 17.7 Å². The highest BCUT2D eigenvalue weighted by molar-refractivity contribution is 5.39. The third-order valence-corrected chi connectivity index (χ3v) is 3.95. The van der Waals surface area contributed by atoms with E-state index < -0.39 is 0 Å². The molecule has 1 aromatic heterocycles. The van der Waals surface area contributed by atoms with E-state index >= 15 is 0 Å². The van der Waals surface area contributed by atoms with Crippen LogP contribution < -0.4 is 5.32 Å². The van der Waals surface area contributed by atoms with Gasteiger partial charge in [0, 0.05) is 6.04 Å². The zero-order chi connectivity index (χ0) is 12.3. The highest BCUT2D eigenvalue weighted by Crippen LogP contribution is 2.35. The first-order chi connectivity index (χ1) is 8.24. The predicted molar refractivity (Wildman–Crippen MR) is 68.5 cm³/mol. The van der Waals surface area contributed by atoms with Gasteiger partial charge < -0.3 is 5.32 Å². The van der Waals surface area contributed by atoms with Crippen molar-refractivity contribution in [1.29, 1.82) is 5.26 Å². The first-order valence-corrected chi connectivity index (χ1v) is 6.38. The average molecular weight is 229 g/mol. The summed E-state index contributed by atoms with van der Waals surface area (Å²) in [6.07, 6.45) is 3.76. The van der Waals surface area contributed by atoms with Gasteiger partial charge >= 0.3 is 0 Å². The first kappa shape index (κ1) is 11.9. The lowest BCUT2D eigenvalue weighted by Gasteiger charge is -2.21. The van der Waals surface area contributed by atoms with E-state index in [4.69, 9.17) is 5.26 Å². The molecule has 3 atom stereocenters. The van der Waals surface area contributed by atoms with Crippen LogP contribution in [-0.2, 0) is 0 Å². The predicted octanol–water partition coefficient (Wildman–Crippen LogP) is 3.19. The molecule has 1 aromatic rings. The second-order valence-corrected chi connectivity index (χ2v) is 4.88. The average Bonchev–Trinajstić information content (AvgIpc) is 2.71. The number of nitrogens with one attached hydrogen (secondary N) is 1. The number of anilines is 1. The lowest BCUT2D eigenvalue weighted by molar-refractivity contribution is 0.391. The van der Waals surface area contributed by atoms with Gasteiger partial charge in [-0.25, -0.2) is 4.98 Å². The first-order valence-electron chi connectivity index (χ1n) is 6.38. The normalized spacial score (nSPS) is 27.7. The van der Waals surface area contributed by atoms with Crippen LogP contribution in [0.3, 0.4) is 0 Å². The molecule has 0 saturated heterocycles. The lowest BCUT2D eigenvalue weighted by atomic mass is 9.93. The minimum absolute atomic E-state index is 0.479. The molecule has 0 aliphatic heterocycles. The summed E-state index contributed by atoms with van der Waals surface area (Å²) in [5.74, 6) is 2.34. The van der Waals surface area contributed by atoms with Crippen LogP contribution in [0.5, 0.6) is 0 Å². The summed E-state index contributed by atoms with van der Waals surface area (Å²) in [6, 6.07) is 8.12. The van der Waals surface area contributed by atoms with Gasteiger partial charge in [-0.3, -0.25) is 0 Å². The van der Waals surface area contributed by atoms with Crippen LogP contribution in [-0.4, -0.2) is 11.0 Å². The third kappa shape index (κ3) is 2.58. The Morgan fingerprint density at radius 3 is 2.94 bits per heavy atom. The number of nitrogens with zero attached hydrogens (tertiary/aromatic N) is 2. The molecule has 1 aliphatic rings. The van der Waals surface area contributed by atoms with Crippen molar-refractivity contribution >= 4 is 5.82 Å². The summed E-state index contributed by atoms with van der Waals surface area (Å²) in [6.45, 7) is 4.57. The van der Waals surface area contributed by atoms with Crippen molar-refractivity contribution in [2.75, 3.05) is 5.32 Å². The minimum Gasteiger partial charge on any atom is -0.367 e. The molecule has 3 nitrogen and oxygen atoms in total. The van der Waals surface area contributed by atoms with Crippen LogP contribution in [0.2, 0.25) is 0 Å². The Balaban J connectivity index is 2.04. The maximum Gasteiger partial charge on any atom is 0.142 e. The van der Waals surface area contributed by atoms with Crippen molar-refractivity contribution in [2.45, 2.75) is 39.2 Å². The molecule has 0 radical (unpaired) electrons. The molecule has 0 amide bonds. The van der Waals surface area contributed by atoms with Gasteiger partial charge in [-0.15, -0.1) is 0 Å². The summed E-state index contributed by atoms with van der Waals surface area (Å²) in [7, 11) is 0. The van der Waals surface area contributed by atoms with Gasteiger partial charge in [0.05, 0.1) is 0 Å². The molecule has 1 aliphatic carbocycles. The number of aromatic nitrogens is 1. The molecule has 1 heterocycles. The van der Waals surface area contributed by atoms with Crippen LogP contribution in [0.25, 0.3) is 0 Å². The molecule has 0 aromatic carbocycles. The van der Waals surface area contributed by atoms with Crippen molar-refractivity contribution in [3.05, 3.63) is 23.9 Å². The molecule has 3 heteroatoms. The Hall–Kier alpha value is -1.56. The smallest absolute Gasteiger partial charge is 0.142 e. The largest absolute Gasteiger partial charge is 0.367 e. The molecular formula is C14H19N3. The summed E-state index contributed by atoms with van der Waals surface area (Å²) in [5.41, 5.74) is 0.479. The molecule has 17 heavy (non-hydrogen) atoms. The molecule has 2 rings (SSSR count). The number of rotatable bonds is 3. The van der Waals surface area contributed by atoms with Gasteiger partial charge in [0.1, 0.15) is 17.6 Å². The van der Waals surface area contributed by atoms with Crippen LogP contribution in [0.1, 0.15) is 38.8 Å². The fourth-order valence-electron chi connectivity index (χ4n) is 2.79. The Kier molecular flexibility index (Phi) is 3.63. The Morgan fingerprint density at radius 2 is 2.29 bits per heavy atom. The standard InChI is InChI=1S/C14H19N3/c1-3-11-7-8-13(10(11)2)17-14-6-4-5-12(9-15)16-14/h4-6,10-11,13H,3,7-8H2,1-2H3,(H,16,17). The molecule has 1 fully saturated rings. The van der Waals surface area contributed by atoms with Gasteiger partial charge in [0.15, 0.2) is 0 Å². The van der Waals surface area contributed by atoms with Crippen molar-refractivity contribution in [3.63, 3.8) is 0 Å². The maximum atomic E-state index is 8.81. The van der Waals surface area contributed by atoms with E-state index in [9.17, 15) is 0 Å². The monoisotopic (exact) mass is 229 g/mol. The summed E-state index contributed by atoms with van der Waals surface area (Å²) in [5, 5.41) is 12.3. The molecule has 3 unspecified atom stereocenters. The molecule has 1 saturated carbocycles. The third-order valence-electron chi connectivity index (χ3n) is 3.95. The minimum atomic E-state index is 0.479. The zero-order valence-corrected chi connectivity index (χ0v) is 10.5. The van der Waals surface area contributed by atoms with Crippen LogP contribution in [0.4, 0.5) is 5.82 Å². The summed E-state index contributed by atoms with van der Waals surface area (Å²) < 4.78 is 0. The topological polar surface area (TPSA) is 48.7 Å². The highest BCUT2D eigenvalue weighted by Gasteiger charge is 2.31. The number of hydrogen-bond acceptors (Lipinski definition) is 3. The van der Waals surface area contributed by atoms with Crippen LogP contribution in [0, 0.1) is 23.2 Å². The molecule has 0 spiro atoms. The number of nitriles is 1. The van der Waals surface area contributed by atoms with Crippen LogP contribution >= 0.6 is 0 Å². The van der Waals surface area contributed by atoms with Gasteiger partial charge in [-0.2, -0.15) is 5.26 Å². The molecule has 0 bridgehead atoms. The van der Waals surface area contributed by atoms with E-state index in [1.807, 2.05) is 12.1 Å². The van der Waals surface area contributed by atoms with E-state index in [1.165, 1.54) is 19.3 Å². The van der Waals surface area contributed by atoms with Gasteiger partial charge in [0.2, 0.25) is 0 Å². The summed E-state index contributed by atoms with van der Waals surface area (Å²) >= 11 is 0. The zero-order valence-electron chi connectivity index (χ0n) is 10.5. The molecule has 90 valence electrons. The van der Waals surface area contributed by atoms with Gasteiger partial charge in [-0.1, -0.05) is 26.3 Å². The van der Waals surface area contributed by atoms with Crippen LogP contribution in [0.15, 0.2) is 18.2 Å². The Bertz CT molecular complexity index is 422. The molecular weight excluding hydrogens is 210 g/mol. The fraction of sp³-hybridized carbons (Fsp3) is 0.571. The fourth-order valence-corrected chi connectivity index (χ4v) is 2.79. The Morgan fingerprint density at radius 1 is 1.47 bits per heavy atom. The number of hydrogen-bond donors (Lipinski definition) is 1.